The molecular weight excluding hydrogens is 214 g/mol. The summed E-state index contributed by atoms with van der Waals surface area (Å²) in [5, 5.41) is 2.69. The zero-order chi connectivity index (χ0) is 12.1. The molecule has 16 heavy (non-hydrogen) atoms. The van der Waals surface area contributed by atoms with Gasteiger partial charge in [0.25, 0.3) is 0 Å². The summed E-state index contributed by atoms with van der Waals surface area (Å²) in [6, 6.07) is -0.422. The summed E-state index contributed by atoms with van der Waals surface area (Å²) in [7, 11) is 2.83. The Morgan fingerprint density at radius 3 is 2.12 bits per heavy atom. The summed E-state index contributed by atoms with van der Waals surface area (Å²) < 4.78 is 9.68. The molecule has 1 aromatic heterocycles. The standard InChI is InChI=1S/C8H13N5O3/c1-4(5(9)14)10-6-11-7(15-2)13-8(12-6)16-3/h4H,1-3H3,(H2,9,14)(H,10,11,12,13). The summed E-state index contributed by atoms with van der Waals surface area (Å²) in [6.45, 7) is 1.59. The van der Waals surface area contributed by atoms with Crippen LogP contribution in [0.3, 0.4) is 0 Å². The Hall–Kier alpha value is -2.12. The Balaban J connectivity index is 2.90. The number of nitrogens with zero attached hydrogens (tertiary/aromatic N) is 3. The van der Waals surface area contributed by atoms with E-state index in [-0.39, 0.29) is 18.0 Å². The lowest BCUT2D eigenvalue weighted by Gasteiger charge is -2.10. The van der Waals surface area contributed by atoms with E-state index in [0.717, 1.165) is 0 Å². The highest BCUT2D eigenvalue weighted by Gasteiger charge is 2.12. The van der Waals surface area contributed by atoms with E-state index >= 15 is 0 Å². The fourth-order valence-corrected chi connectivity index (χ4v) is 0.850. The van der Waals surface area contributed by atoms with Gasteiger partial charge in [-0.2, -0.15) is 9.97 Å². The highest BCUT2D eigenvalue weighted by molar-refractivity contribution is 5.81. The summed E-state index contributed by atoms with van der Waals surface area (Å²) >= 11 is 0. The van der Waals surface area contributed by atoms with Gasteiger partial charge < -0.3 is 20.5 Å². The van der Waals surface area contributed by atoms with Crippen molar-refractivity contribution in [2.45, 2.75) is 13.0 Å². The van der Waals surface area contributed by atoms with Gasteiger partial charge in [0, 0.05) is 0 Å². The molecule has 0 fully saturated rings. The largest absolute Gasteiger partial charge is 0.467 e. The maximum atomic E-state index is 10.8. The fourth-order valence-electron chi connectivity index (χ4n) is 0.850. The van der Waals surface area contributed by atoms with Crippen LogP contribution in [0.25, 0.3) is 0 Å². The Bertz CT molecular complexity index is 362. The molecule has 8 nitrogen and oxygen atoms in total. The maximum Gasteiger partial charge on any atom is 0.324 e. The number of rotatable bonds is 5. The number of methoxy groups -OCH3 is 2. The summed E-state index contributed by atoms with van der Waals surface area (Å²) in [6.07, 6.45) is 0. The van der Waals surface area contributed by atoms with Crippen LogP contribution in [0.2, 0.25) is 0 Å². The average Bonchev–Trinajstić information content (AvgIpc) is 2.28. The highest BCUT2D eigenvalue weighted by atomic mass is 16.5. The monoisotopic (exact) mass is 227 g/mol. The van der Waals surface area contributed by atoms with E-state index in [1.165, 1.54) is 14.2 Å². The number of primary amides is 1. The van der Waals surface area contributed by atoms with Gasteiger partial charge in [-0.05, 0) is 6.92 Å². The molecule has 1 unspecified atom stereocenters. The lowest BCUT2D eigenvalue weighted by molar-refractivity contribution is -0.118. The zero-order valence-corrected chi connectivity index (χ0v) is 9.22. The molecule has 0 aromatic carbocycles. The number of amides is 1. The first kappa shape index (κ1) is 12.0. The van der Waals surface area contributed by atoms with Gasteiger partial charge in [0.1, 0.15) is 6.04 Å². The molecule has 1 atom stereocenters. The maximum absolute atomic E-state index is 10.8. The highest BCUT2D eigenvalue weighted by Crippen LogP contribution is 2.12. The van der Waals surface area contributed by atoms with Crippen LogP contribution in [0.15, 0.2) is 0 Å². The molecular formula is C8H13N5O3. The number of nitrogens with two attached hydrogens (primary N) is 1. The number of ether oxygens (including phenoxy) is 2. The van der Waals surface area contributed by atoms with Gasteiger partial charge in [0.15, 0.2) is 0 Å². The van der Waals surface area contributed by atoms with Crippen LogP contribution in [0, 0.1) is 0 Å². The Morgan fingerprint density at radius 1 is 1.25 bits per heavy atom. The van der Waals surface area contributed by atoms with E-state index in [4.69, 9.17) is 15.2 Å². The fraction of sp³-hybridized carbons (Fsp3) is 0.500. The molecule has 1 heterocycles. The lowest BCUT2D eigenvalue weighted by atomic mass is 10.3. The Labute approximate surface area is 92.2 Å². The van der Waals surface area contributed by atoms with Gasteiger partial charge in [-0.15, -0.1) is 4.98 Å². The molecule has 0 aliphatic rings. The Morgan fingerprint density at radius 2 is 1.75 bits per heavy atom. The topological polar surface area (TPSA) is 112 Å². The van der Waals surface area contributed by atoms with Crippen molar-refractivity contribution in [3.05, 3.63) is 0 Å². The van der Waals surface area contributed by atoms with Crippen molar-refractivity contribution in [1.82, 2.24) is 15.0 Å². The molecule has 1 amide bonds. The third kappa shape index (κ3) is 2.94. The number of carbonyl (C=O) groups excluding carboxylic acids is 1. The SMILES string of the molecule is COc1nc(NC(C)C(N)=O)nc(OC)n1. The molecule has 1 aromatic rings. The van der Waals surface area contributed by atoms with Crippen molar-refractivity contribution in [1.29, 1.82) is 0 Å². The molecule has 0 radical (unpaired) electrons. The second-order valence-electron chi connectivity index (χ2n) is 2.90. The van der Waals surface area contributed by atoms with Crippen LogP contribution < -0.4 is 20.5 Å². The number of nitrogens with one attached hydrogen (secondary N) is 1. The smallest absolute Gasteiger partial charge is 0.324 e. The second kappa shape index (κ2) is 5.10. The number of hydrogen-bond donors (Lipinski definition) is 2. The van der Waals surface area contributed by atoms with Crippen LogP contribution in [0.1, 0.15) is 6.92 Å². The summed E-state index contributed by atoms with van der Waals surface area (Å²) in [4.78, 5) is 22.4. The van der Waals surface area contributed by atoms with Crippen LogP contribution in [0.4, 0.5) is 5.95 Å². The number of hydrogen-bond acceptors (Lipinski definition) is 7. The third-order valence-corrected chi connectivity index (χ3v) is 1.73. The van der Waals surface area contributed by atoms with Crippen molar-refractivity contribution < 1.29 is 14.3 Å². The molecule has 0 aliphatic carbocycles. The van der Waals surface area contributed by atoms with E-state index in [9.17, 15) is 4.79 Å². The quantitative estimate of drug-likeness (QED) is 0.675. The van der Waals surface area contributed by atoms with E-state index in [2.05, 4.69) is 20.3 Å². The molecule has 8 heteroatoms. The average molecular weight is 227 g/mol. The van der Waals surface area contributed by atoms with Gasteiger partial charge in [-0.1, -0.05) is 0 Å². The predicted octanol–water partition coefficient (Wildman–Crippen LogP) is -0.825. The van der Waals surface area contributed by atoms with Crippen molar-refractivity contribution in [2.24, 2.45) is 5.73 Å². The van der Waals surface area contributed by atoms with Gasteiger partial charge >= 0.3 is 12.0 Å². The van der Waals surface area contributed by atoms with Crippen molar-refractivity contribution in [2.75, 3.05) is 19.5 Å². The summed E-state index contributed by atoms with van der Waals surface area (Å²) in [5.41, 5.74) is 5.09. The molecule has 3 N–H and O–H groups in total. The number of aromatic nitrogens is 3. The van der Waals surface area contributed by atoms with Crippen molar-refractivity contribution >= 4 is 11.9 Å². The van der Waals surface area contributed by atoms with Crippen molar-refractivity contribution in [3.63, 3.8) is 0 Å². The van der Waals surface area contributed by atoms with Crippen molar-refractivity contribution in [3.8, 4) is 12.0 Å². The normalized spacial score (nSPS) is 11.7. The first-order valence-electron chi connectivity index (χ1n) is 4.46. The summed E-state index contributed by atoms with van der Waals surface area (Å²) in [5.74, 6) is -0.353. The molecule has 0 spiro atoms. The number of anilines is 1. The molecule has 0 saturated heterocycles. The first-order chi connectivity index (χ1) is 7.56. The minimum absolute atomic E-state index is 0.0889. The van der Waals surface area contributed by atoms with E-state index < -0.39 is 11.9 Å². The molecule has 88 valence electrons. The molecule has 1 rings (SSSR count). The molecule has 0 aliphatic heterocycles. The van der Waals surface area contributed by atoms with E-state index in [0.29, 0.717) is 0 Å². The van der Waals surface area contributed by atoms with Gasteiger partial charge in [-0.3, -0.25) is 4.79 Å². The zero-order valence-electron chi connectivity index (χ0n) is 9.22. The predicted molar refractivity (Wildman–Crippen MR) is 55.2 cm³/mol. The van der Waals surface area contributed by atoms with E-state index in [1.54, 1.807) is 6.92 Å². The lowest BCUT2D eigenvalue weighted by Crippen LogP contribution is -2.33. The minimum atomic E-state index is -0.600. The van der Waals surface area contributed by atoms with Crippen LogP contribution >= 0.6 is 0 Å². The van der Waals surface area contributed by atoms with E-state index in [1.807, 2.05) is 0 Å². The van der Waals surface area contributed by atoms with Crippen LogP contribution in [-0.4, -0.2) is 41.1 Å². The second-order valence-corrected chi connectivity index (χ2v) is 2.90. The molecule has 0 saturated carbocycles. The Kier molecular flexibility index (Phi) is 3.81. The third-order valence-electron chi connectivity index (χ3n) is 1.73. The van der Waals surface area contributed by atoms with Crippen LogP contribution in [-0.2, 0) is 4.79 Å². The van der Waals surface area contributed by atoms with Gasteiger partial charge in [0.05, 0.1) is 14.2 Å². The van der Waals surface area contributed by atoms with Crippen LogP contribution in [0.5, 0.6) is 12.0 Å². The van der Waals surface area contributed by atoms with Gasteiger partial charge in [0.2, 0.25) is 11.9 Å². The molecule has 0 bridgehead atoms. The number of carbonyl (C=O) groups is 1. The first-order valence-corrected chi connectivity index (χ1v) is 4.46. The van der Waals surface area contributed by atoms with Gasteiger partial charge in [-0.25, -0.2) is 0 Å². The minimum Gasteiger partial charge on any atom is -0.467 e.